The quantitative estimate of drug-likeness (QED) is 0.867. The highest BCUT2D eigenvalue weighted by Gasteiger charge is 2.30. The summed E-state index contributed by atoms with van der Waals surface area (Å²) in [5.41, 5.74) is 7.56. The molecular formula is C15H19N3O. The molecule has 1 saturated carbocycles. The molecule has 3 unspecified atom stereocenters. The molecule has 0 spiro atoms. The summed E-state index contributed by atoms with van der Waals surface area (Å²) in [7, 11) is 0. The van der Waals surface area contributed by atoms with Crippen molar-refractivity contribution in [2.75, 3.05) is 0 Å². The van der Waals surface area contributed by atoms with E-state index in [2.05, 4.69) is 11.4 Å². The van der Waals surface area contributed by atoms with Gasteiger partial charge in [-0.1, -0.05) is 18.6 Å². The summed E-state index contributed by atoms with van der Waals surface area (Å²) in [6.45, 7) is 1.94. The molecule has 2 rings (SSSR count). The Morgan fingerprint density at radius 2 is 2.11 bits per heavy atom. The lowest BCUT2D eigenvalue weighted by Gasteiger charge is -2.19. The minimum atomic E-state index is -0.0620. The maximum atomic E-state index is 12.1. The van der Waals surface area contributed by atoms with Crippen LogP contribution in [0.4, 0.5) is 0 Å². The third kappa shape index (κ3) is 3.12. The van der Waals surface area contributed by atoms with E-state index in [9.17, 15) is 4.79 Å². The van der Waals surface area contributed by atoms with Crippen LogP contribution in [0.5, 0.6) is 0 Å². The molecule has 1 aliphatic carbocycles. The van der Waals surface area contributed by atoms with Crippen LogP contribution < -0.4 is 11.1 Å². The lowest BCUT2D eigenvalue weighted by Crippen LogP contribution is -2.39. The highest BCUT2D eigenvalue weighted by Crippen LogP contribution is 2.25. The Morgan fingerprint density at radius 3 is 2.63 bits per heavy atom. The number of nitrogens with two attached hydrogens (primary N) is 1. The predicted octanol–water partition coefficient (Wildman–Crippen LogP) is 1.86. The lowest BCUT2D eigenvalue weighted by atomic mass is 10.0. The first-order valence-corrected chi connectivity index (χ1v) is 6.68. The van der Waals surface area contributed by atoms with Crippen LogP contribution in [0.2, 0.25) is 0 Å². The van der Waals surface area contributed by atoms with E-state index in [0.717, 1.165) is 24.8 Å². The van der Waals surface area contributed by atoms with E-state index in [1.54, 1.807) is 12.1 Å². The number of nitrogens with one attached hydrogen (secondary N) is 1. The van der Waals surface area contributed by atoms with Gasteiger partial charge in [0.2, 0.25) is 5.91 Å². The van der Waals surface area contributed by atoms with Crippen LogP contribution in [-0.2, 0) is 4.79 Å². The van der Waals surface area contributed by atoms with Crippen molar-refractivity contribution in [1.29, 1.82) is 5.26 Å². The number of rotatable bonds is 3. The number of amides is 1. The zero-order valence-electron chi connectivity index (χ0n) is 11.1. The van der Waals surface area contributed by atoms with E-state index in [1.165, 1.54) is 0 Å². The van der Waals surface area contributed by atoms with E-state index < -0.39 is 0 Å². The van der Waals surface area contributed by atoms with E-state index in [1.807, 2.05) is 19.1 Å². The maximum absolute atomic E-state index is 12.1. The average molecular weight is 257 g/mol. The third-order valence-corrected chi connectivity index (χ3v) is 3.80. The van der Waals surface area contributed by atoms with Crippen LogP contribution in [0.3, 0.4) is 0 Å². The van der Waals surface area contributed by atoms with E-state index in [-0.39, 0.29) is 23.9 Å². The maximum Gasteiger partial charge on any atom is 0.225 e. The summed E-state index contributed by atoms with van der Waals surface area (Å²) >= 11 is 0. The highest BCUT2D eigenvalue weighted by atomic mass is 16.2. The van der Waals surface area contributed by atoms with Gasteiger partial charge in [-0.25, -0.2) is 0 Å². The molecule has 0 aliphatic heterocycles. The van der Waals surface area contributed by atoms with Crippen LogP contribution in [0.25, 0.3) is 0 Å². The first-order chi connectivity index (χ1) is 9.11. The number of nitriles is 1. The SMILES string of the molecule is CC(NC(=O)C1CCCC1N)c1ccc(C#N)cc1. The average Bonchev–Trinajstić information content (AvgIpc) is 2.85. The van der Waals surface area contributed by atoms with E-state index in [0.29, 0.717) is 5.56 Å². The Balaban J connectivity index is 1.98. The van der Waals surface area contributed by atoms with Gasteiger partial charge >= 0.3 is 0 Å². The Hall–Kier alpha value is -1.86. The van der Waals surface area contributed by atoms with Gasteiger partial charge in [0.1, 0.15) is 0 Å². The van der Waals surface area contributed by atoms with Gasteiger partial charge in [0.05, 0.1) is 23.6 Å². The molecule has 0 bridgehead atoms. The van der Waals surface area contributed by atoms with Crippen molar-refractivity contribution < 1.29 is 4.79 Å². The Kier molecular flexibility index (Phi) is 4.18. The zero-order chi connectivity index (χ0) is 13.8. The second-order valence-corrected chi connectivity index (χ2v) is 5.17. The Labute approximate surface area is 113 Å². The van der Waals surface area contributed by atoms with Gasteiger partial charge in [0.25, 0.3) is 0 Å². The van der Waals surface area contributed by atoms with Gasteiger partial charge in [-0.15, -0.1) is 0 Å². The minimum absolute atomic E-state index is 0.00633. The first kappa shape index (κ1) is 13.6. The topological polar surface area (TPSA) is 78.9 Å². The molecule has 1 fully saturated rings. The number of hydrogen-bond acceptors (Lipinski definition) is 3. The molecule has 0 aromatic heterocycles. The molecular weight excluding hydrogens is 238 g/mol. The summed E-state index contributed by atoms with van der Waals surface area (Å²) < 4.78 is 0. The normalized spacial score (nSPS) is 23.6. The van der Waals surface area contributed by atoms with Crippen LogP contribution >= 0.6 is 0 Å². The van der Waals surface area contributed by atoms with Crippen LogP contribution in [0.1, 0.15) is 43.4 Å². The van der Waals surface area contributed by atoms with Gasteiger partial charge in [0, 0.05) is 6.04 Å². The minimum Gasteiger partial charge on any atom is -0.349 e. The van der Waals surface area contributed by atoms with E-state index >= 15 is 0 Å². The standard InChI is InChI=1S/C15H19N3O/c1-10(12-7-5-11(9-16)6-8-12)18-15(19)13-3-2-4-14(13)17/h5-8,10,13-14H,2-4,17H2,1H3,(H,18,19). The third-order valence-electron chi connectivity index (χ3n) is 3.80. The molecule has 4 heteroatoms. The van der Waals surface area contributed by atoms with Crippen LogP contribution in [0, 0.1) is 17.2 Å². The Bertz CT molecular complexity index is 489. The molecule has 0 saturated heterocycles. The van der Waals surface area contributed by atoms with Gasteiger partial charge in [0.15, 0.2) is 0 Å². The number of carbonyl (C=O) groups is 1. The van der Waals surface area contributed by atoms with Crippen LogP contribution in [0.15, 0.2) is 24.3 Å². The number of benzene rings is 1. The monoisotopic (exact) mass is 257 g/mol. The fourth-order valence-corrected chi connectivity index (χ4v) is 2.56. The van der Waals surface area contributed by atoms with Crippen LogP contribution in [-0.4, -0.2) is 11.9 Å². The second kappa shape index (κ2) is 5.85. The Morgan fingerprint density at radius 1 is 1.42 bits per heavy atom. The second-order valence-electron chi connectivity index (χ2n) is 5.17. The highest BCUT2D eigenvalue weighted by molar-refractivity contribution is 5.80. The fourth-order valence-electron chi connectivity index (χ4n) is 2.56. The summed E-state index contributed by atoms with van der Waals surface area (Å²) in [5, 5.41) is 11.8. The molecule has 1 aliphatic rings. The summed E-state index contributed by atoms with van der Waals surface area (Å²) in [6, 6.07) is 9.28. The molecule has 1 amide bonds. The van der Waals surface area contributed by atoms with Gasteiger partial charge in [-0.05, 0) is 37.5 Å². The van der Waals surface area contributed by atoms with Gasteiger partial charge in [-0.2, -0.15) is 5.26 Å². The van der Waals surface area contributed by atoms with Crippen molar-refractivity contribution >= 4 is 5.91 Å². The number of hydrogen-bond donors (Lipinski definition) is 2. The van der Waals surface area contributed by atoms with Crippen molar-refractivity contribution in [3.05, 3.63) is 35.4 Å². The van der Waals surface area contributed by atoms with Crippen molar-refractivity contribution in [1.82, 2.24) is 5.32 Å². The smallest absolute Gasteiger partial charge is 0.225 e. The molecule has 19 heavy (non-hydrogen) atoms. The van der Waals surface area contributed by atoms with Crippen molar-refractivity contribution in [2.24, 2.45) is 11.7 Å². The molecule has 0 heterocycles. The number of nitrogens with zero attached hydrogens (tertiary/aromatic N) is 1. The summed E-state index contributed by atoms with van der Waals surface area (Å²) in [5.74, 6) is -0.0114. The van der Waals surface area contributed by atoms with Gasteiger partial charge in [-0.3, -0.25) is 4.79 Å². The molecule has 100 valence electrons. The first-order valence-electron chi connectivity index (χ1n) is 6.68. The molecule has 3 N–H and O–H groups in total. The van der Waals surface area contributed by atoms with E-state index in [4.69, 9.17) is 11.0 Å². The molecule has 0 radical (unpaired) electrons. The molecule has 4 nitrogen and oxygen atoms in total. The molecule has 3 atom stereocenters. The summed E-state index contributed by atoms with van der Waals surface area (Å²) in [6.07, 6.45) is 2.85. The summed E-state index contributed by atoms with van der Waals surface area (Å²) in [4.78, 5) is 12.1. The lowest BCUT2D eigenvalue weighted by molar-refractivity contribution is -0.125. The van der Waals surface area contributed by atoms with Crippen molar-refractivity contribution in [3.63, 3.8) is 0 Å². The number of carbonyl (C=O) groups excluding carboxylic acids is 1. The fraction of sp³-hybridized carbons (Fsp3) is 0.467. The molecule has 1 aromatic rings. The largest absolute Gasteiger partial charge is 0.349 e. The van der Waals surface area contributed by atoms with Crippen molar-refractivity contribution in [2.45, 2.75) is 38.3 Å². The zero-order valence-corrected chi connectivity index (χ0v) is 11.1. The van der Waals surface area contributed by atoms with Gasteiger partial charge < -0.3 is 11.1 Å². The van der Waals surface area contributed by atoms with Crippen molar-refractivity contribution in [3.8, 4) is 6.07 Å². The molecule has 1 aromatic carbocycles. The predicted molar refractivity (Wildman–Crippen MR) is 73.0 cm³/mol.